The van der Waals surface area contributed by atoms with Crippen molar-refractivity contribution in [3.63, 3.8) is 0 Å². The number of nitrogens with two attached hydrogens (primary N) is 1. The van der Waals surface area contributed by atoms with Gasteiger partial charge in [0.05, 0.1) is 9.99 Å². The molecular formula is C13H14BrFN2. The molecule has 1 heterocycles. The topological polar surface area (TPSA) is 38.9 Å². The second-order valence-electron chi connectivity index (χ2n) is 4.50. The molecule has 0 spiro atoms. The highest BCUT2D eigenvalue weighted by molar-refractivity contribution is 9.10. The van der Waals surface area contributed by atoms with Crippen molar-refractivity contribution in [2.24, 2.45) is 0 Å². The highest BCUT2D eigenvalue weighted by atomic mass is 79.9. The van der Waals surface area contributed by atoms with Gasteiger partial charge in [-0.05, 0) is 46.5 Å². The minimum Gasteiger partial charge on any atom is -0.398 e. The minimum atomic E-state index is -0.305. The maximum Gasteiger partial charge on any atom is 0.138 e. The van der Waals surface area contributed by atoms with Crippen LogP contribution in [-0.4, -0.2) is 4.98 Å². The summed E-state index contributed by atoms with van der Waals surface area (Å²) in [6.07, 6.45) is 0. The number of nitrogens with zero attached hydrogens (tertiary/aromatic N) is 1. The van der Waals surface area contributed by atoms with Gasteiger partial charge in [0, 0.05) is 16.8 Å². The third-order valence-electron chi connectivity index (χ3n) is 2.81. The van der Waals surface area contributed by atoms with E-state index < -0.39 is 0 Å². The van der Waals surface area contributed by atoms with Crippen molar-refractivity contribution in [3.05, 3.63) is 33.7 Å². The number of hydrogen-bond donors (Lipinski definition) is 1. The summed E-state index contributed by atoms with van der Waals surface area (Å²) in [7, 11) is 0. The molecule has 4 heteroatoms. The standard InChI is InChI=1S/C13H14BrFN2/c1-6(2)10-5-9(16)11-12(14)8(15)4-7(3)13(11)17-10/h4-6H,1-3H3,(H2,16,17). The van der Waals surface area contributed by atoms with Gasteiger partial charge in [-0.25, -0.2) is 4.39 Å². The first kappa shape index (κ1) is 12.3. The van der Waals surface area contributed by atoms with Crippen LogP contribution in [0.2, 0.25) is 0 Å². The van der Waals surface area contributed by atoms with E-state index in [1.165, 1.54) is 6.07 Å². The molecule has 2 rings (SSSR count). The zero-order chi connectivity index (χ0) is 12.7. The Morgan fingerprint density at radius 1 is 1.35 bits per heavy atom. The molecule has 0 saturated carbocycles. The number of benzene rings is 1. The van der Waals surface area contributed by atoms with Crippen LogP contribution >= 0.6 is 15.9 Å². The fraction of sp³-hybridized carbons (Fsp3) is 0.308. The number of aromatic nitrogens is 1. The van der Waals surface area contributed by atoms with Crippen molar-refractivity contribution >= 4 is 32.5 Å². The van der Waals surface area contributed by atoms with Gasteiger partial charge in [-0.15, -0.1) is 0 Å². The Morgan fingerprint density at radius 2 is 2.00 bits per heavy atom. The summed E-state index contributed by atoms with van der Waals surface area (Å²) in [6.45, 7) is 5.96. The molecule has 2 N–H and O–H groups in total. The third kappa shape index (κ3) is 2.02. The molecule has 0 unspecified atom stereocenters. The first-order valence-electron chi connectivity index (χ1n) is 5.46. The average molecular weight is 297 g/mol. The molecule has 0 amide bonds. The molecule has 1 aromatic carbocycles. The summed E-state index contributed by atoms with van der Waals surface area (Å²) in [5, 5.41) is 0.659. The molecule has 1 aromatic heterocycles. The Kier molecular flexibility index (Phi) is 3.08. The molecule has 0 aliphatic rings. The van der Waals surface area contributed by atoms with E-state index in [0.29, 0.717) is 21.5 Å². The van der Waals surface area contributed by atoms with Gasteiger partial charge in [0.15, 0.2) is 0 Å². The van der Waals surface area contributed by atoms with Crippen LogP contribution in [0, 0.1) is 12.7 Å². The van der Waals surface area contributed by atoms with Gasteiger partial charge in [-0.1, -0.05) is 13.8 Å². The van der Waals surface area contributed by atoms with Gasteiger partial charge < -0.3 is 5.73 Å². The van der Waals surface area contributed by atoms with Gasteiger partial charge in [0.25, 0.3) is 0 Å². The lowest BCUT2D eigenvalue weighted by molar-refractivity contribution is 0.622. The van der Waals surface area contributed by atoms with E-state index in [2.05, 4.69) is 34.8 Å². The first-order chi connectivity index (χ1) is 7.91. The van der Waals surface area contributed by atoms with Gasteiger partial charge >= 0.3 is 0 Å². The molecule has 0 bridgehead atoms. The van der Waals surface area contributed by atoms with Crippen molar-refractivity contribution in [1.29, 1.82) is 0 Å². The Balaban J connectivity index is 2.90. The van der Waals surface area contributed by atoms with E-state index in [-0.39, 0.29) is 5.82 Å². The fourth-order valence-electron chi connectivity index (χ4n) is 1.84. The minimum absolute atomic E-state index is 0.296. The van der Waals surface area contributed by atoms with Gasteiger partial charge in [-0.2, -0.15) is 0 Å². The molecule has 0 fully saturated rings. The monoisotopic (exact) mass is 296 g/mol. The highest BCUT2D eigenvalue weighted by Gasteiger charge is 2.14. The van der Waals surface area contributed by atoms with Crippen molar-refractivity contribution in [2.45, 2.75) is 26.7 Å². The number of rotatable bonds is 1. The van der Waals surface area contributed by atoms with Crippen molar-refractivity contribution in [2.75, 3.05) is 5.73 Å². The smallest absolute Gasteiger partial charge is 0.138 e. The van der Waals surface area contributed by atoms with E-state index in [0.717, 1.165) is 16.8 Å². The summed E-state index contributed by atoms with van der Waals surface area (Å²) in [4.78, 5) is 4.56. The SMILES string of the molecule is Cc1cc(F)c(Br)c2c(N)cc(C(C)C)nc12. The summed E-state index contributed by atoms with van der Waals surface area (Å²) in [5.74, 6) is -0.00859. The van der Waals surface area contributed by atoms with E-state index in [1.54, 1.807) is 0 Å². The Bertz CT molecular complexity index is 594. The second kappa shape index (κ2) is 4.26. The molecule has 90 valence electrons. The van der Waals surface area contributed by atoms with Crippen LogP contribution < -0.4 is 5.73 Å². The zero-order valence-electron chi connectivity index (χ0n) is 10.0. The number of anilines is 1. The maximum atomic E-state index is 13.6. The van der Waals surface area contributed by atoms with Crippen LogP contribution in [0.3, 0.4) is 0 Å². The number of nitrogen functional groups attached to an aromatic ring is 1. The van der Waals surface area contributed by atoms with Crippen LogP contribution in [0.5, 0.6) is 0 Å². The number of pyridine rings is 1. The fourth-order valence-corrected chi connectivity index (χ4v) is 2.37. The molecule has 2 aromatic rings. The summed E-state index contributed by atoms with van der Waals surface area (Å²) >= 11 is 3.23. The molecule has 0 saturated heterocycles. The van der Waals surface area contributed by atoms with Crippen LogP contribution in [0.25, 0.3) is 10.9 Å². The molecule has 0 radical (unpaired) electrons. The van der Waals surface area contributed by atoms with Crippen molar-refractivity contribution in [1.82, 2.24) is 4.98 Å². The number of aryl methyl sites for hydroxylation is 1. The van der Waals surface area contributed by atoms with E-state index in [9.17, 15) is 4.39 Å². The quantitative estimate of drug-likeness (QED) is 0.858. The Labute approximate surface area is 108 Å². The highest BCUT2D eigenvalue weighted by Crippen LogP contribution is 2.34. The lowest BCUT2D eigenvalue weighted by atomic mass is 10.0. The number of fused-ring (bicyclic) bond motifs is 1. The van der Waals surface area contributed by atoms with Crippen LogP contribution in [0.1, 0.15) is 31.0 Å². The van der Waals surface area contributed by atoms with Gasteiger partial charge in [0.2, 0.25) is 0 Å². The molecule has 0 aliphatic heterocycles. The zero-order valence-corrected chi connectivity index (χ0v) is 11.6. The van der Waals surface area contributed by atoms with Gasteiger partial charge in [0.1, 0.15) is 5.82 Å². The van der Waals surface area contributed by atoms with E-state index >= 15 is 0 Å². The molecule has 2 nitrogen and oxygen atoms in total. The number of hydrogen-bond acceptors (Lipinski definition) is 2. The molecule has 0 aliphatic carbocycles. The van der Waals surface area contributed by atoms with Crippen molar-refractivity contribution < 1.29 is 4.39 Å². The predicted octanol–water partition coefficient (Wildman–Crippen LogP) is 4.15. The summed E-state index contributed by atoms with van der Waals surface area (Å²) in [5.41, 5.74) is 9.05. The van der Waals surface area contributed by atoms with Crippen LogP contribution in [0.4, 0.5) is 10.1 Å². The maximum absolute atomic E-state index is 13.6. The molecule has 0 atom stereocenters. The Morgan fingerprint density at radius 3 is 2.59 bits per heavy atom. The third-order valence-corrected chi connectivity index (χ3v) is 3.58. The molecule has 17 heavy (non-hydrogen) atoms. The normalized spacial score (nSPS) is 11.4. The Hall–Kier alpha value is -1.16. The lowest BCUT2D eigenvalue weighted by Crippen LogP contribution is -2.00. The predicted molar refractivity (Wildman–Crippen MR) is 72.6 cm³/mol. The van der Waals surface area contributed by atoms with Crippen molar-refractivity contribution in [3.8, 4) is 0 Å². The van der Waals surface area contributed by atoms with Crippen LogP contribution in [-0.2, 0) is 0 Å². The summed E-state index contributed by atoms with van der Waals surface area (Å²) < 4.78 is 14.0. The van der Waals surface area contributed by atoms with Crippen LogP contribution in [0.15, 0.2) is 16.6 Å². The average Bonchev–Trinajstić information content (AvgIpc) is 2.25. The largest absolute Gasteiger partial charge is 0.398 e. The van der Waals surface area contributed by atoms with E-state index in [4.69, 9.17) is 5.73 Å². The lowest BCUT2D eigenvalue weighted by Gasteiger charge is -2.12. The molecular weight excluding hydrogens is 283 g/mol. The first-order valence-corrected chi connectivity index (χ1v) is 6.25. The number of halogens is 2. The van der Waals surface area contributed by atoms with Gasteiger partial charge in [-0.3, -0.25) is 4.98 Å². The van der Waals surface area contributed by atoms with E-state index in [1.807, 2.05) is 13.0 Å². The summed E-state index contributed by atoms with van der Waals surface area (Å²) in [6, 6.07) is 3.29. The second-order valence-corrected chi connectivity index (χ2v) is 5.30.